The molecule has 0 aliphatic carbocycles. The predicted molar refractivity (Wildman–Crippen MR) is 62.7 cm³/mol. The number of halogens is 1. The number of ether oxygens (including phenoxy) is 3. The number of rotatable bonds is 12. The molecule has 0 aromatic rings. The molecule has 0 aromatic carbocycles. The smallest absolute Gasteiger partial charge is 0.0700 e. The minimum Gasteiger partial charge on any atom is -0.385 e. The molecule has 0 unspecified atom stereocenters. The summed E-state index contributed by atoms with van der Waals surface area (Å²) in [5, 5.41) is 0. The van der Waals surface area contributed by atoms with Gasteiger partial charge in [0.25, 0.3) is 0 Å². The molecule has 0 aromatic heterocycles. The quantitative estimate of drug-likeness (QED) is 0.386. The third kappa shape index (κ3) is 14.2. The van der Waals surface area contributed by atoms with Gasteiger partial charge in [0.1, 0.15) is 0 Å². The highest BCUT2D eigenvalue weighted by Crippen LogP contribution is 1.97. The third-order valence-corrected chi connectivity index (χ3v) is 2.20. The maximum Gasteiger partial charge on any atom is 0.0700 e. The van der Waals surface area contributed by atoms with Crippen molar-refractivity contribution < 1.29 is 14.2 Å². The second kappa shape index (κ2) is 14.2. The average molecular weight is 239 g/mol. The summed E-state index contributed by atoms with van der Waals surface area (Å²) < 4.78 is 15.6. The van der Waals surface area contributed by atoms with Gasteiger partial charge in [0.2, 0.25) is 0 Å². The first-order valence-corrected chi connectivity index (χ1v) is 6.15. The van der Waals surface area contributed by atoms with Crippen LogP contribution in [-0.2, 0) is 14.2 Å². The molecule has 0 fully saturated rings. The Balaban J connectivity index is 2.81. The number of unbranched alkanes of at least 4 members (excludes halogenated alkanes) is 2. The third-order valence-electron chi connectivity index (χ3n) is 1.93. The molecule has 0 amide bonds. The van der Waals surface area contributed by atoms with Crippen molar-refractivity contribution in [2.45, 2.75) is 25.7 Å². The van der Waals surface area contributed by atoms with E-state index in [2.05, 4.69) is 0 Å². The summed E-state index contributed by atoms with van der Waals surface area (Å²) in [7, 11) is 1.70. The van der Waals surface area contributed by atoms with Crippen molar-refractivity contribution in [1.82, 2.24) is 0 Å². The monoisotopic (exact) mass is 238 g/mol. The zero-order valence-electron chi connectivity index (χ0n) is 9.67. The molecule has 0 atom stereocenters. The Kier molecular flexibility index (Phi) is 14.3. The Morgan fingerprint density at radius 3 is 2.00 bits per heavy atom. The van der Waals surface area contributed by atoms with Crippen LogP contribution in [0.15, 0.2) is 0 Å². The average Bonchev–Trinajstić information content (AvgIpc) is 2.26. The maximum absolute atomic E-state index is 5.55. The molecule has 0 aliphatic rings. The molecule has 0 saturated heterocycles. The Hall–Kier alpha value is 0.170. The highest BCUT2D eigenvalue weighted by molar-refractivity contribution is 6.17. The molecule has 15 heavy (non-hydrogen) atoms. The molecule has 3 nitrogen and oxygen atoms in total. The van der Waals surface area contributed by atoms with Crippen LogP contribution in [0.4, 0.5) is 0 Å². The summed E-state index contributed by atoms with van der Waals surface area (Å²) in [5.41, 5.74) is 0. The van der Waals surface area contributed by atoms with Gasteiger partial charge in [-0.2, -0.15) is 0 Å². The summed E-state index contributed by atoms with van der Waals surface area (Å²) in [6, 6.07) is 0. The SMILES string of the molecule is COCCCOCCOCCCCCCl. The summed E-state index contributed by atoms with van der Waals surface area (Å²) >= 11 is 5.55. The van der Waals surface area contributed by atoms with Gasteiger partial charge in [-0.15, -0.1) is 11.6 Å². The first-order chi connectivity index (χ1) is 7.41. The summed E-state index contributed by atoms with van der Waals surface area (Å²) in [6.45, 7) is 3.70. The first-order valence-electron chi connectivity index (χ1n) is 5.62. The molecule has 0 N–H and O–H groups in total. The van der Waals surface area contributed by atoms with Crippen LogP contribution in [0.1, 0.15) is 25.7 Å². The minimum absolute atomic E-state index is 0.680. The Labute approximate surface area is 98.0 Å². The zero-order valence-corrected chi connectivity index (χ0v) is 10.4. The van der Waals surface area contributed by atoms with Crippen LogP contribution < -0.4 is 0 Å². The van der Waals surface area contributed by atoms with Gasteiger partial charge in [-0.05, 0) is 25.7 Å². The number of hydrogen-bond donors (Lipinski definition) is 0. The van der Waals surface area contributed by atoms with E-state index in [4.69, 9.17) is 25.8 Å². The Bertz CT molecular complexity index is 100. The van der Waals surface area contributed by atoms with Crippen molar-refractivity contribution in [3.8, 4) is 0 Å². The van der Waals surface area contributed by atoms with Gasteiger partial charge in [-0.25, -0.2) is 0 Å². The molecule has 0 radical (unpaired) electrons. The van der Waals surface area contributed by atoms with Crippen molar-refractivity contribution in [2.75, 3.05) is 46.0 Å². The number of hydrogen-bond acceptors (Lipinski definition) is 3. The van der Waals surface area contributed by atoms with Crippen LogP contribution in [0.3, 0.4) is 0 Å². The normalized spacial score (nSPS) is 10.8. The number of methoxy groups -OCH3 is 1. The van der Waals surface area contributed by atoms with E-state index in [0.29, 0.717) is 13.2 Å². The van der Waals surface area contributed by atoms with E-state index >= 15 is 0 Å². The zero-order chi connectivity index (χ0) is 11.2. The molecule has 0 rings (SSSR count). The van der Waals surface area contributed by atoms with E-state index in [1.165, 1.54) is 0 Å². The van der Waals surface area contributed by atoms with Gasteiger partial charge in [0, 0.05) is 32.8 Å². The Morgan fingerprint density at radius 1 is 0.733 bits per heavy atom. The van der Waals surface area contributed by atoms with E-state index in [9.17, 15) is 0 Å². The molecule has 0 aliphatic heterocycles. The largest absolute Gasteiger partial charge is 0.385 e. The van der Waals surface area contributed by atoms with Crippen molar-refractivity contribution in [3.63, 3.8) is 0 Å². The fourth-order valence-corrected chi connectivity index (χ4v) is 1.29. The van der Waals surface area contributed by atoms with Crippen LogP contribution in [-0.4, -0.2) is 46.0 Å². The van der Waals surface area contributed by atoms with E-state index in [1.54, 1.807) is 7.11 Å². The topological polar surface area (TPSA) is 27.7 Å². The lowest BCUT2D eigenvalue weighted by atomic mass is 10.3. The van der Waals surface area contributed by atoms with Crippen LogP contribution in [0, 0.1) is 0 Å². The Morgan fingerprint density at radius 2 is 1.40 bits per heavy atom. The second-order valence-electron chi connectivity index (χ2n) is 3.32. The van der Waals surface area contributed by atoms with Gasteiger partial charge in [0.05, 0.1) is 13.2 Å². The van der Waals surface area contributed by atoms with Crippen LogP contribution in [0.25, 0.3) is 0 Å². The van der Waals surface area contributed by atoms with Gasteiger partial charge < -0.3 is 14.2 Å². The van der Waals surface area contributed by atoms with Crippen LogP contribution >= 0.6 is 11.6 Å². The summed E-state index contributed by atoms with van der Waals surface area (Å²) in [4.78, 5) is 0. The highest BCUT2D eigenvalue weighted by atomic mass is 35.5. The lowest BCUT2D eigenvalue weighted by Gasteiger charge is -2.05. The fraction of sp³-hybridized carbons (Fsp3) is 1.00. The van der Waals surface area contributed by atoms with Crippen molar-refractivity contribution in [2.24, 2.45) is 0 Å². The molecule has 0 spiro atoms. The molecule has 0 heterocycles. The van der Waals surface area contributed by atoms with Gasteiger partial charge in [0.15, 0.2) is 0 Å². The predicted octanol–water partition coefficient (Wildman–Crippen LogP) is 2.47. The lowest BCUT2D eigenvalue weighted by Crippen LogP contribution is -2.07. The number of alkyl halides is 1. The first kappa shape index (κ1) is 15.2. The van der Waals surface area contributed by atoms with Gasteiger partial charge >= 0.3 is 0 Å². The molecule has 0 saturated carbocycles. The standard InChI is InChI=1S/C11H23ClO3/c1-13-7-5-9-15-11-10-14-8-4-2-3-6-12/h2-11H2,1H3. The minimum atomic E-state index is 0.680. The van der Waals surface area contributed by atoms with Crippen molar-refractivity contribution >= 4 is 11.6 Å². The second-order valence-corrected chi connectivity index (χ2v) is 3.70. The van der Waals surface area contributed by atoms with Crippen LogP contribution in [0.2, 0.25) is 0 Å². The van der Waals surface area contributed by atoms with Crippen LogP contribution in [0.5, 0.6) is 0 Å². The van der Waals surface area contributed by atoms with E-state index in [1.807, 2.05) is 0 Å². The fourth-order valence-electron chi connectivity index (χ4n) is 1.10. The van der Waals surface area contributed by atoms with E-state index < -0.39 is 0 Å². The van der Waals surface area contributed by atoms with E-state index in [0.717, 1.165) is 51.4 Å². The highest BCUT2D eigenvalue weighted by Gasteiger charge is 1.91. The summed E-state index contributed by atoms with van der Waals surface area (Å²) in [6.07, 6.45) is 4.28. The molecule has 0 bridgehead atoms. The molecular weight excluding hydrogens is 216 g/mol. The van der Waals surface area contributed by atoms with E-state index in [-0.39, 0.29) is 0 Å². The van der Waals surface area contributed by atoms with Gasteiger partial charge in [-0.1, -0.05) is 0 Å². The van der Waals surface area contributed by atoms with Crippen molar-refractivity contribution in [3.05, 3.63) is 0 Å². The molecule has 92 valence electrons. The van der Waals surface area contributed by atoms with Gasteiger partial charge in [-0.3, -0.25) is 0 Å². The lowest BCUT2D eigenvalue weighted by molar-refractivity contribution is 0.0388. The molecule has 4 heteroatoms. The molecular formula is C11H23ClO3. The van der Waals surface area contributed by atoms with Crippen molar-refractivity contribution in [1.29, 1.82) is 0 Å². The maximum atomic E-state index is 5.55. The summed E-state index contributed by atoms with van der Waals surface area (Å²) in [5.74, 6) is 0.753.